The molecule has 0 unspecified atom stereocenters. The highest BCUT2D eigenvalue weighted by atomic mass is 32.1. The zero-order valence-electron chi connectivity index (χ0n) is 13.6. The molecule has 0 aliphatic heterocycles. The fraction of sp³-hybridized carbons (Fsp3) is 0.300. The predicted molar refractivity (Wildman–Crippen MR) is 99.3 cm³/mol. The van der Waals surface area contributed by atoms with Crippen LogP contribution in [0, 0.1) is 0 Å². The normalized spacial score (nSPS) is 16.4. The van der Waals surface area contributed by atoms with Crippen molar-refractivity contribution < 1.29 is 0 Å². The molecule has 3 aromatic rings. The molecule has 1 saturated carbocycles. The molecule has 2 aromatic heterocycles. The van der Waals surface area contributed by atoms with Gasteiger partial charge in [-0.3, -0.25) is 4.98 Å². The molecule has 2 heterocycles. The van der Waals surface area contributed by atoms with Crippen molar-refractivity contribution in [3.63, 3.8) is 0 Å². The van der Waals surface area contributed by atoms with E-state index in [2.05, 4.69) is 45.3 Å². The molecule has 24 heavy (non-hydrogen) atoms. The van der Waals surface area contributed by atoms with Crippen molar-refractivity contribution in [1.29, 1.82) is 0 Å². The minimum atomic E-state index is 0.552. The Morgan fingerprint density at radius 1 is 1.00 bits per heavy atom. The van der Waals surface area contributed by atoms with Crippen LogP contribution >= 0.6 is 11.3 Å². The van der Waals surface area contributed by atoms with Crippen LogP contribution in [0.15, 0.2) is 65.2 Å². The summed E-state index contributed by atoms with van der Waals surface area (Å²) in [6, 6.07) is 15.2. The molecular formula is C20H21N3S. The van der Waals surface area contributed by atoms with Crippen LogP contribution in [0.2, 0.25) is 0 Å². The quantitative estimate of drug-likeness (QED) is 0.634. The SMILES string of the molecule is c1ccc(-c2csc(=Nc3cccnc3)n2C2CCCCC2)cc1. The molecule has 4 rings (SSSR count). The van der Waals surface area contributed by atoms with Crippen LogP contribution in [0.4, 0.5) is 5.69 Å². The number of thiazole rings is 1. The summed E-state index contributed by atoms with van der Waals surface area (Å²) >= 11 is 1.73. The lowest BCUT2D eigenvalue weighted by Crippen LogP contribution is -2.23. The molecular weight excluding hydrogens is 314 g/mol. The minimum Gasteiger partial charge on any atom is -0.313 e. The molecule has 1 aliphatic carbocycles. The Morgan fingerprint density at radius 2 is 1.83 bits per heavy atom. The average molecular weight is 335 g/mol. The summed E-state index contributed by atoms with van der Waals surface area (Å²) < 4.78 is 2.46. The lowest BCUT2D eigenvalue weighted by molar-refractivity contribution is 0.351. The second-order valence-corrected chi connectivity index (χ2v) is 7.09. The zero-order valence-corrected chi connectivity index (χ0v) is 14.5. The third kappa shape index (κ3) is 3.20. The number of rotatable bonds is 3. The molecule has 4 heteroatoms. The van der Waals surface area contributed by atoms with Crippen LogP contribution in [0.3, 0.4) is 0 Å². The number of hydrogen-bond acceptors (Lipinski definition) is 3. The van der Waals surface area contributed by atoms with Crippen LogP contribution in [-0.4, -0.2) is 9.55 Å². The van der Waals surface area contributed by atoms with Crippen LogP contribution in [-0.2, 0) is 0 Å². The molecule has 0 N–H and O–H groups in total. The highest BCUT2D eigenvalue weighted by molar-refractivity contribution is 7.07. The summed E-state index contributed by atoms with van der Waals surface area (Å²) in [5, 5.41) is 2.25. The standard InChI is InChI=1S/C20H21N3S/c1-3-8-16(9-4-1)19-15-24-20(22-17-10-7-13-21-14-17)23(19)18-11-5-2-6-12-18/h1,3-4,7-10,13-15,18H,2,5-6,11-12H2. The maximum atomic E-state index is 4.88. The van der Waals surface area contributed by atoms with Gasteiger partial charge >= 0.3 is 0 Å². The fourth-order valence-electron chi connectivity index (χ4n) is 3.44. The summed E-state index contributed by atoms with van der Waals surface area (Å²) in [6.07, 6.45) is 10.1. The van der Waals surface area contributed by atoms with E-state index in [9.17, 15) is 0 Å². The smallest absolute Gasteiger partial charge is 0.190 e. The zero-order chi connectivity index (χ0) is 16.2. The third-order valence-corrected chi connectivity index (χ3v) is 5.46. The molecule has 0 atom stereocenters. The molecule has 1 aliphatic rings. The third-order valence-electron chi connectivity index (χ3n) is 4.62. The Hall–Kier alpha value is -2.20. The van der Waals surface area contributed by atoms with Gasteiger partial charge in [0.2, 0.25) is 0 Å². The average Bonchev–Trinajstić information content (AvgIpc) is 3.07. The van der Waals surface area contributed by atoms with Gasteiger partial charge in [0.25, 0.3) is 0 Å². The first-order valence-corrected chi connectivity index (χ1v) is 9.50. The molecule has 0 bridgehead atoms. The van der Waals surface area contributed by atoms with Gasteiger partial charge in [-0.25, -0.2) is 4.99 Å². The van der Waals surface area contributed by atoms with Gasteiger partial charge in [0.15, 0.2) is 4.80 Å². The van der Waals surface area contributed by atoms with Crippen molar-refractivity contribution in [2.24, 2.45) is 4.99 Å². The first-order valence-electron chi connectivity index (χ1n) is 8.62. The van der Waals surface area contributed by atoms with Gasteiger partial charge in [0, 0.05) is 17.6 Å². The number of hydrogen-bond donors (Lipinski definition) is 0. The van der Waals surface area contributed by atoms with E-state index in [1.807, 2.05) is 18.3 Å². The van der Waals surface area contributed by atoms with Gasteiger partial charge in [0.05, 0.1) is 17.6 Å². The molecule has 3 nitrogen and oxygen atoms in total. The van der Waals surface area contributed by atoms with Gasteiger partial charge in [-0.1, -0.05) is 49.6 Å². The van der Waals surface area contributed by atoms with Gasteiger partial charge < -0.3 is 4.57 Å². The van der Waals surface area contributed by atoms with E-state index >= 15 is 0 Å². The Labute approximate surface area is 146 Å². The molecule has 0 spiro atoms. The first-order chi connectivity index (χ1) is 11.9. The minimum absolute atomic E-state index is 0.552. The number of aromatic nitrogens is 2. The van der Waals surface area contributed by atoms with Gasteiger partial charge in [-0.2, -0.15) is 0 Å². The second-order valence-electron chi connectivity index (χ2n) is 6.25. The van der Waals surface area contributed by atoms with Gasteiger partial charge in [-0.05, 0) is 30.5 Å². The summed E-state index contributed by atoms with van der Waals surface area (Å²) in [4.78, 5) is 10.1. The Balaban J connectivity index is 1.85. The number of nitrogens with zero attached hydrogens (tertiary/aromatic N) is 3. The predicted octanol–water partition coefficient (Wildman–Crippen LogP) is 5.35. The van der Waals surface area contributed by atoms with E-state index < -0.39 is 0 Å². The molecule has 1 aromatic carbocycles. The monoisotopic (exact) mass is 335 g/mol. The highest BCUT2D eigenvalue weighted by Crippen LogP contribution is 2.32. The van der Waals surface area contributed by atoms with E-state index in [-0.39, 0.29) is 0 Å². The van der Waals surface area contributed by atoms with Crippen molar-refractivity contribution in [2.75, 3.05) is 0 Å². The van der Waals surface area contributed by atoms with E-state index in [4.69, 9.17) is 4.99 Å². The van der Waals surface area contributed by atoms with Crippen LogP contribution in [0.5, 0.6) is 0 Å². The van der Waals surface area contributed by atoms with Crippen LogP contribution in [0.25, 0.3) is 11.3 Å². The Morgan fingerprint density at radius 3 is 2.58 bits per heavy atom. The van der Waals surface area contributed by atoms with E-state index in [0.29, 0.717) is 6.04 Å². The van der Waals surface area contributed by atoms with E-state index in [1.54, 1.807) is 17.5 Å². The van der Waals surface area contributed by atoms with Crippen molar-refractivity contribution in [3.05, 3.63) is 65.0 Å². The van der Waals surface area contributed by atoms with E-state index in [0.717, 1.165) is 10.5 Å². The van der Waals surface area contributed by atoms with E-state index in [1.165, 1.54) is 43.4 Å². The maximum Gasteiger partial charge on any atom is 0.190 e. The van der Waals surface area contributed by atoms with Crippen molar-refractivity contribution in [3.8, 4) is 11.3 Å². The van der Waals surface area contributed by atoms with Crippen molar-refractivity contribution >= 4 is 17.0 Å². The largest absolute Gasteiger partial charge is 0.313 e. The fourth-order valence-corrected chi connectivity index (χ4v) is 4.43. The molecule has 0 radical (unpaired) electrons. The molecule has 1 fully saturated rings. The molecule has 0 amide bonds. The Kier molecular flexibility index (Phi) is 4.56. The molecule has 122 valence electrons. The Bertz CT molecular complexity index is 843. The lowest BCUT2D eigenvalue weighted by Gasteiger charge is -2.25. The summed E-state index contributed by atoms with van der Waals surface area (Å²) in [5.74, 6) is 0. The maximum absolute atomic E-state index is 4.88. The van der Waals surface area contributed by atoms with Crippen LogP contribution in [0.1, 0.15) is 38.1 Å². The summed E-state index contributed by atoms with van der Waals surface area (Å²) in [7, 11) is 0. The van der Waals surface area contributed by atoms with Crippen LogP contribution < -0.4 is 4.80 Å². The highest BCUT2D eigenvalue weighted by Gasteiger charge is 2.20. The summed E-state index contributed by atoms with van der Waals surface area (Å²) in [6.45, 7) is 0. The number of benzene rings is 1. The molecule has 0 saturated heterocycles. The number of pyridine rings is 1. The van der Waals surface area contributed by atoms with Crippen molar-refractivity contribution in [2.45, 2.75) is 38.1 Å². The first kappa shape index (κ1) is 15.3. The lowest BCUT2D eigenvalue weighted by atomic mass is 9.95. The topological polar surface area (TPSA) is 30.2 Å². The summed E-state index contributed by atoms with van der Waals surface area (Å²) in [5.41, 5.74) is 3.48. The van der Waals surface area contributed by atoms with Crippen molar-refractivity contribution in [1.82, 2.24) is 9.55 Å². The second kappa shape index (κ2) is 7.14. The van der Waals surface area contributed by atoms with Gasteiger partial charge in [-0.15, -0.1) is 11.3 Å². The van der Waals surface area contributed by atoms with Gasteiger partial charge in [0.1, 0.15) is 0 Å².